The first-order valence-electron chi connectivity index (χ1n) is 4.33. The summed E-state index contributed by atoms with van der Waals surface area (Å²) in [5.41, 5.74) is 8.19. The van der Waals surface area contributed by atoms with Crippen molar-refractivity contribution in [2.75, 3.05) is 5.73 Å². The molecule has 0 unspecified atom stereocenters. The molecule has 0 bridgehead atoms. The van der Waals surface area contributed by atoms with Crippen molar-refractivity contribution in [2.45, 2.75) is 0 Å². The van der Waals surface area contributed by atoms with Gasteiger partial charge in [0.2, 0.25) is 0 Å². The number of nitrogens with zero attached hydrogens (tertiary/aromatic N) is 2. The van der Waals surface area contributed by atoms with E-state index < -0.39 is 0 Å². The number of aromatic amines is 1. The number of hydrogen-bond acceptors (Lipinski definition) is 3. The first-order chi connectivity index (χ1) is 6.83. The van der Waals surface area contributed by atoms with Gasteiger partial charge in [-0.2, -0.15) is 0 Å². The van der Waals surface area contributed by atoms with Crippen molar-refractivity contribution >= 4 is 27.9 Å². The second-order valence-electron chi connectivity index (χ2n) is 3.20. The third kappa shape index (κ3) is 0.939. The molecule has 4 nitrogen and oxygen atoms in total. The van der Waals surface area contributed by atoms with E-state index in [1.807, 2.05) is 24.3 Å². The molecule has 0 amide bonds. The fraction of sp³-hybridized carbons (Fsp3) is 0. The highest BCUT2D eigenvalue weighted by Gasteiger charge is 2.02. The summed E-state index contributed by atoms with van der Waals surface area (Å²) >= 11 is 0. The number of H-pyrrole nitrogens is 1. The topological polar surface area (TPSA) is 67.6 Å². The van der Waals surface area contributed by atoms with Gasteiger partial charge in [0.1, 0.15) is 5.82 Å². The van der Waals surface area contributed by atoms with E-state index in [9.17, 15) is 0 Å². The summed E-state index contributed by atoms with van der Waals surface area (Å²) in [6.07, 6.45) is 1.73. The maximum absolute atomic E-state index is 5.64. The first-order valence-corrected chi connectivity index (χ1v) is 4.33. The molecule has 0 saturated carbocycles. The lowest BCUT2D eigenvalue weighted by molar-refractivity contribution is 1.33. The zero-order valence-electron chi connectivity index (χ0n) is 7.36. The van der Waals surface area contributed by atoms with Crippen LogP contribution in [0.4, 0.5) is 5.82 Å². The maximum atomic E-state index is 5.64. The van der Waals surface area contributed by atoms with E-state index in [1.165, 1.54) is 0 Å². The molecule has 0 fully saturated rings. The van der Waals surface area contributed by atoms with Crippen LogP contribution in [0, 0.1) is 0 Å². The highest BCUT2D eigenvalue weighted by molar-refractivity contribution is 5.90. The van der Waals surface area contributed by atoms with Crippen LogP contribution in [0.5, 0.6) is 0 Å². The van der Waals surface area contributed by atoms with Crippen LogP contribution in [-0.2, 0) is 0 Å². The Hall–Kier alpha value is -2.10. The van der Waals surface area contributed by atoms with E-state index in [4.69, 9.17) is 5.73 Å². The lowest BCUT2D eigenvalue weighted by Crippen LogP contribution is -1.82. The zero-order valence-corrected chi connectivity index (χ0v) is 7.36. The van der Waals surface area contributed by atoms with Gasteiger partial charge in [0.15, 0.2) is 5.65 Å². The van der Waals surface area contributed by atoms with Gasteiger partial charge < -0.3 is 10.7 Å². The Balaban J connectivity index is 2.51. The minimum absolute atomic E-state index is 0.628. The summed E-state index contributed by atoms with van der Waals surface area (Å²) in [6, 6.07) is 7.68. The van der Waals surface area contributed by atoms with Crippen molar-refractivity contribution in [2.24, 2.45) is 0 Å². The average Bonchev–Trinajstić information content (AvgIpc) is 2.53. The number of aromatic nitrogens is 3. The second kappa shape index (κ2) is 2.45. The Kier molecular flexibility index (Phi) is 1.28. The molecule has 0 aliphatic rings. The van der Waals surface area contributed by atoms with Crippen LogP contribution in [0.15, 0.2) is 30.5 Å². The van der Waals surface area contributed by atoms with E-state index in [2.05, 4.69) is 15.0 Å². The molecule has 14 heavy (non-hydrogen) atoms. The highest BCUT2D eigenvalue weighted by atomic mass is 14.9. The molecule has 68 valence electrons. The summed E-state index contributed by atoms with van der Waals surface area (Å²) in [5.74, 6) is 0.628. The monoisotopic (exact) mass is 184 g/mol. The van der Waals surface area contributed by atoms with Crippen molar-refractivity contribution in [1.29, 1.82) is 0 Å². The van der Waals surface area contributed by atoms with E-state index in [-0.39, 0.29) is 0 Å². The number of fused-ring (bicyclic) bond motifs is 2. The van der Waals surface area contributed by atoms with Crippen LogP contribution in [0.25, 0.3) is 22.1 Å². The highest BCUT2D eigenvalue weighted by Crippen LogP contribution is 2.19. The normalized spacial score (nSPS) is 11.1. The summed E-state index contributed by atoms with van der Waals surface area (Å²) in [7, 11) is 0. The molecule has 4 heteroatoms. The van der Waals surface area contributed by atoms with E-state index in [0.29, 0.717) is 5.82 Å². The number of rotatable bonds is 0. The Labute approximate surface area is 79.8 Å². The van der Waals surface area contributed by atoms with E-state index in [0.717, 1.165) is 22.1 Å². The smallest absolute Gasteiger partial charge is 0.159 e. The summed E-state index contributed by atoms with van der Waals surface area (Å²) in [5, 5.41) is 1.02. The van der Waals surface area contributed by atoms with Crippen molar-refractivity contribution in [3.8, 4) is 0 Å². The van der Waals surface area contributed by atoms with Crippen molar-refractivity contribution in [3.05, 3.63) is 30.5 Å². The Bertz CT molecular complexity index is 559. The number of nitrogens with two attached hydrogens (primary N) is 1. The molecule has 0 atom stereocenters. The predicted molar refractivity (Wildman–Crippen MR) is 55.8 cm³/mol. The van der Waals surface area contributed by atoms with Crippen LogP contribution >= 0.6 is 0 Å². The summed E-state index contributed by atoms with van der Waals surface area (Å²) < 4.78 is 0. The van der Waals surface area contributed by atoms with Crippen LogP contribution in [0.1, 0.15) is 0 Å². The Morgan fingerprint density at radius 3 is 3.14 bits per heavy atom. The van der Waals surface area contributed by atoms with Crippen molar-refractivity contribution in [1.82, 2.24) is 15.0 Å². The van der Waals surface area contributed by atoms with Crippen LogP contribution in [-0.4, -0.2) is 15.0 Å². The standard InChI is InChI=1S/C10H8N4/c11-9-5-8-7(13-9)4-6-2-1-3-12-10(6)14-8/h1-5,13H,11H2. The van der Waals surface area contributed by atoms with Gasteiger partial charge in [-0.1, -0.05) is 0 Å². The quantitative estimate of drug-likeness (QED) is 0.558. The van der Waals surface area contributed by atoms with Gasteiger partial charge in [-0.15, -0.1) is 0 Å². The third-order valence-electron chi connectivity index (χ3n) is 2.19. The van der Waals surface area contributed by atoms with E-state index in [1.54, 1.807) is 6.20 Å². The largest absolute Gasteiger partial charge is 0.385 e. The zero-order chi connectivity index (χ0) is 9.54. The number of hydrogen-bond donors (Lipinski definition) is 2. The third-order valence-corrected chi connectivity index (χ3v) is 2.19. The number of anilines is 1. The SMILES string of the molecule is Nc1cc2nc3ncccc3cc2[nH]1. The molecule has 3 heterocycles. The average molecular weight is 184 g/mol. The molecular formula is C10H8N4. The molecular weight excluding hydrogens is 176 g/mol. The van der Waals surface area contributed by atoms with Gasteiger partial charge in [0.25, 0.3) is 0 Å². The first kappa shape index (κ1) is 7.32. The minimum Gasteiger partial charge on any atom is -0.385 e. The van der Waals surface area contributed by atoms with Crippen molar-refractivity contribution in [3.63, 3.8) is 0 Å². The molecule has 0 radical (unpaired) electrons. The van der Waals surface area contributed by atoms with Gasteiger partial charge in [-0.05, 0) is 18.2 Å². The molecule has 0 aliphatic heterocycles. The van der Waals surface area contributed by atoms with Crippen LogP contribution < -0.4 is 5.73 Å². The molecule has 3 aromatic heterocycles. The summed E-state index contributed by atoms with van der Waals surface area (Å²) in [6.45, 7) is 0. The lowest BCUT2D eigenvalue weighted by Gasteiger charge is -1.94. The van der Waals surface area contributed by atoms with Gasteiger partial charge in [0.05, 0.1) is 11.0 Å². The molecule has 3 N–H and O–H groups in total. The molecule has 0 spiro atoms. The predicted octanol–water partition coefficient (Wildman–Crippen LogP) is 1.69. The number of pyridine rings is 2. The van der Waals surface area contributed by atoms with E-state index >= 15 is 0 Å². The summed E-state index contributed by atoms with van der Waals surface area (Å²) in [4.78, 5) is 11.6. The molecule has 0 aromatic carbocycles. The van der Waals surface area contributed by atoms with Crippen LogP contribution in [0.2, 0.25) is 0 Å². The molecule has 3 aromatic rings. The fourth-order valence-corrected chi connectivity index (χ4v) is 1.57. The van der Waals surface area contributed by atoms with Crippen LogP contribution in [0.3, 0.4) is 0 Å². The minimum atomic E-state index is 0.628. The molecule has 0 saturated heterocycles. The fourth-order valence-electron chi connectivity index (χ4n) is 1.57. The van der Waals surface area contributed by atoms with Gasteiger partial charge in [-0.25, -0.2) is 9.97 Å². The Morgan fingerprint density at radius 2 is 2.21 bits per heavy atom. The van der Waals surface area contributed by atoms with Crippen molar-refractivity contribution < 1.29 is 0 Å². The molecule has 0 aliphatic carbocycles. The lowest BCUT2D eigenvalue weighted by atomic mass is 10.2. The van der Waals surface area contributed by atoms with Gasteiger partial charge in [-0.3, -0.25) is 0 Å². The van der Waals surface area contributed by atoms with Gasteiger partial charge in [0, 0.05) is 17.6 Å². The Morgan fingerprint density at radius 1 is 1.29 bits per heavy atom. The molecule has 3 rings (SSSR count). The number of nitrogens with one attached hydrogen (secondary N) is 1. The number of nitrogen functional groups attached to an aromatic ring is 1. The van der Waals surface area contributed by atoms with Gasteiger partial charge >= 0.3 is 0 Å². The second-order valence-corrected chi connectivity index (χ2v) is 3.20. The maximum Gasteiger partial charge on any atom is 0.159 e.